The Morgan fingerprint density at radius 2 is 1.14 bits per heavy atom. The molecule has 0 aromatic heterocycles. The molecule has 2 atom stereocenters. The van der Waals surface area contributed by atoms with Crippen molar-refractivity contribution in [3.8, 4) is 11.5 Å². The number of hydrogen-bond donors (Lipinski definition) is 0. The first-order chi connectivity index (χ1) is 26.4. The van der Waals surface area contributed by atoms with Gasteiger partial charge >= 0.3 is 12.2 Å². The summed E-state index contributed by atoms with van der Waals surface area (Å²) in [6, 6.07) is 12.4. The van der Waals surface area contributed by atoms with Crippen molar-refractivity contribution < 1.29 is 28.5 Å². The summed E-state index contributed by atoms with van der Waals surface area (Å²) in [4.78, 5) is 32.9. The van der Waals surface area contributed by atoms with E-state index in [0.717, 1.165) is 69.7 Å². The van der Waals surface area contributed by atoms with Crippen LogP contribution in [0.25, 0.3) is 0 Å². The lowest BCUT2D eigenvalue weighted by molar-refractivity contribution is 0.0193. The van der Waals surface area contributed by atoms with Gasteiger partial charge in [0, 0.05) is 48.8 Å². The number of amides is 2. The monoisotopic (exact) mass is 816 g/mol. The minimum Gasteiger partial charge on any atom is -0.492 e. The summed E-state index contributed by atoms with van der Waals surface area (Å²) >= 11 is 12.5. The topological polar surface area (TPSA) is 84.0 Å². The van der Waals surface area contributed by atoms with Crippen molar-refractivity contribution in [2.24, 2.45) is 0 Å². The van der Waals surface area contributed by atoms with E-state index in [9.17, 15) is 9.59 Å². The van der Waals surface area contributed by atoms with Gasteiger partial charge in [0.25, 0.3) is 0 Å². The number of piperidine rings is 3. The van der Waals surface area contributed by atoms with E-state index >= 15 is 0 Å². The molecule has 312 valence electrons. The van der Waals surface area contributed by atoms with Crippen molar-refractivity contribution in [2.75, 3.05) is 66.5 Å². The summed E-state index contributed by atoms with van der Waals surface area (Å²) in [5, 5.41) is 1.40. The predicted molar refractivity (Wildman–Crippen MR) is 225 cm³/mol. The van der Waals surface area contributed by atoms with Crippen molar-refractivity contribution in [1.29, 1.82) is 0 Å². The summed E-state index contributed by atoms with van der Waals surface area (Å²) in [7, 11) is 4.30. The van der Waals surface area contributed by atoms with Crippen molar-refractivity contribution in [2.45, 2.75) is 128 Å². The SMILES string of the molecule is CN1CCC[C@@H]1COc1cc(Cl)ccc1C1CCN(C(=O)OC(C)(C)C)CC1.CN1CCC[C@H](Oc2cc(Cl)ccc2C2CCN(C(=O)OC(C)(C)C)CC2)C1. The fourth-order valence-corrected chi connectivity index (χ4v) is 8.41. The number of nitrogens with zero attached hydrogens (tertiary/aromatic N) is 4. The lowest BCUT2D eigenvalue weighted by Gasteiger charge is -2.35. The molecule has 56 heavy (non-hydrogen) atoms. The number of likely N-dealkylation sites (tertiary alicyclic amines) is 4. The number of carbonyl (C=O) groups is 2. The second-order valence-electron chi connectivity index (χ2n) is 18.1. The smallest absolute Gasteiger partial charge is 0.410 e. The number of likely N-dealkylation sites (N-methyl/N-ethyl adjacent to an activating group) is 2. The molecule has 0 unspecified atom stereocenters. The highest BCUT2D eigenvalue weighted by Gasteiger charge is 2.31. The summed E-state index contributed by atoms with van der Waals surface area (Å²) in [6.45, 7) is 18.1. The third-order valence-corrected chi connectivity index (χ3v) is 11.6. The third-order valence-electron chi connectivity index (χ3n) is 11.1. The number of ether oxygens (including phenoxy) is 4. The van der Waals surface area contributed by atoms with Crippen LogP contribution in [-0.2, 0) is 9.47 Å². The quantitative estimate of drug-likeness (QED) is 0.273. The molecule has 6 rings (SSSR count). The summed E-state index contributed by atoms with van der Waals surface area (Å²) < 4.78 is 23.6. The maximum absolute atomic E-state index is 12.3. The molecule has 4 saturated heterocycles. The highest BCUT2D eigenvalue weighted by molar-refractivity contribution is 6.31. The molecule has 0 N–H and O–H groups in total. The van der Waals surface area contributed by atoms with E-state index in [2.05, 4.69) is 36.0 Å². The largest absolute Gasteiger partial charge is 0.492 e. The zero-order valence-corrected chi connectivity index (χ0v) is 36.6. The molecule has 4 aliphatic rings. The molecule has 0 radical (unpaired) electrons. The van der Waals surface area contributed by atoms with E-state index < -0.39 is 11.2 Å². The maximum atomic E-state index is 12.3. The zero-order valence-electron chi connectivity index (χ0n) is 35.1. The predicted octanol–water partition coefficient (Wildman–Crippen LogP) is 9.85. The van der Waals surface area contributed by atoms with Crippen LogP contribution in [0.1, 0.15) is 116 Å². The molecular weight excluding hydrogens is 751 g/mol. The average Bonchev–Trinajstić information content (AvgIpc) is 3.54. The van der Waals surface area contributed by atoms with Gasteiger partial charge in [-0.15, -0.1) is 0 Å². The molecule has 2 amide bonds. The Labute approximate surface area is 346 Å². The van der Waals surface area contributed by atoms with Gasteiger partial charge in [0.1, 0.15) is 35.4 Å². The van der Waals surface area contributed by atoms with Crippen molar-refractivity contribution in [3.05, 3.63) is 57.6 Å². The average molecular weight is 818 g/mol. The van der Waals surface area contributed by atoms with Gasteiger partial charge in [-0.2, -0.15) is 0 Å². The van der Waals surface area contributed by atoms with Crippen LogP contribution in [0.4, 0.5) is 9.59 Å². The molecule has 4 heterocycles. The summed E-state index contributed by atoms with van der Waals surface area (Å²) in [5.74, 6) is 2.53. The standard InChI is InChI=1S/2C22H33ClN2O3/c1-22(2,3)28-21(26)25-12-9-16(10-13-25)19-8-7-17(23)14-20(19)27-15-18-6-5-11-24(18)4;1-22(2,3)28-21(26)25-12-9-16(10-13-25)19-8-7-17(23)14-20(19)27-18-6-5-11-24(4)15-18/h2*7-8,14,16,18H,5-6,9-13,15H2,1-4H3/t2*18-/m10/s1. The molecule has 0 bridgehead atoms. The zero-order chi connectivity index (χ0) is 40.6. The second-order valence-corrected chi connectivity index (χ2v) is 19.0. The van der Waals surface area contributed by atoms with Gasteiger partial charge in [0.2, 0.25) is 0 Å². The minimum absolute atomic E-state index is 0.206. The van der Waals surface area contributed by atoms with Gasteiger partial charge < -0.3 is 38.5 Å². The molecule has 4 fully saturated rings. The van der Waals surface area contributed by atoms with E-state index in [1.807, 2.05) is 75.6 Å². The normalized spacial score (nSPS) is 22.0. The first-order valence-corrected chi connectivity index (χ1v) is 21.4. The van der Waals surface area contributed by atoms with Gasteiger partial charge in [-0.25, -0.2) is 9.59 Å². The fourth-order valence-electron chi connectivity index (χ4n) is 8.09. The Kier molecular flexibility index (Phi) is 15.5. The third kappa shape index (κ3) is 13.3. The Hall–Kier alpha value is -2.92. The van der Waals surface area contributed by atoms with Crippen molar-refractivity contribution in [3.63, 3.8) is 0 Å². The molecule has 10 nitrogen and oxygen atoms in total. The molecule has 2 aromatic rings. The van der Waals surface area contributed by atoms with Gasteiger partial charge in [-0.05, 0) is 167 Å². The van der Waals surface area contributed by atoms with E-state index in [1.54, 1.807) is 0 Å². The first-order valence-electron chi connectivity index (χ1n) is 20.7. The van der Waals surface area contributed by atoms with Crippen LogP contribution in [0.15, 0.2) is 36.4 Å². The number of benzene rings is 2. The number of hydrogen-bond acceptors (Lipinski definition) is 8. The molecule has 12 heteroatoms. The van der Waals surface area contributed by atoms with Crippen LogP contribution in [0, 0.1) is 0 Å². The molecular formula is C44H66Cl2N4O6. The van der Waals surface area contributed by atoms with E-state index in [-0.39, 0.29) is 18.3 Å². The lowest BCUT2D eigenvalue weighted by atomic mass is 9.89. The summed E-state index contributed by atoms with van der Waals surface area (Å²) in [5.41, 5.74) is 1.49. The van der Waals surface area contributed by atoms with Crippen LogP contribution in [0.5, 0.6) is 11.5 Å². The van der Waals surface area contributed by atoms with Gasteiger partial charge in [-0.1, -0.05) is 35.3 Å². The number of halogens is 2. The van der Waals surface area contributed by atoms with Gasteiger partial charge in [-0.3, -0.25) is 0 Å². The second kappa shape index (κ2) is 19.7. The van der Waals surface area contributed by atoms with Crippen molar-refractivity contribution in [1.82, 2.24) is 19.6 Å². The van der Waals surface area contributed by atoms with Gasteiger partial charge in [0.15, 0.2) is 0 Å². The fraction of sp³-hybridized carbons (Fsp3) is 0.682. The Bertz CT molecular complexity index is 1600. The lowest BCUT2D eigenvalue weighted by Crippen LogP contribution is -2.41. The van der Waals surface area contributed by atoms with Crippen molar-refractivity contribution >= 4 is 35.4 Å². The highest BCUT2D eigenvalue weighted by atomic mass is 35.5. The number of rotatable bonds is 7. The molecule has 4 aliphatic heterocycles. The van der Waals surface area contributed by atoms with E-state index in [1.165, 1.54) is 24.0 Å². The summed E-state index contributed by atoms with van der Waals surface area (Å²) in [6.07, 6.45) is 8.03. The maximum Gasteiger partial charge on any atom is 0.410 e. The van der Waals surface area contributed by atoms with E-state index in [0.29, 0.717) is 60.7 Å². The molecule has 0 saturated carbocycles. The number of carbonyl (C=O) groups excluding carboxylic acids is 2. The molecule has 0 spiro atoms. The van der Waals surface area contributed by atoms with E-state index in [4.69, 9.17) is 42.1 Å². The Morgan fingerprint density at radius 3 is 1.61 bits per heavy atom. The van der Waals surface area contributed by atoms with Gasteiger partial charge in [0.05, 0.1) is 0 Å². The Morgan fingerprint density at radius 1 is 0.661 bits per heavy atom. The van der Waals surface area contributed by atoms with Crippen LogP contribution in [-0.4, -0.2) is 122 Å². The Balaban J connectivity index is 0.000000214. The highest BCUT2D eigenvalue weighted by Crippen LogP contribution is 2.38. The molecule has 0 aliphatic carbocycles. The minimum atomic E-state index is -0.460. The van der Waals surface area contributed by atoms with Crippen LogP contribution >= 0.6 is 23.2 Å². The van der Waals surface area contributed by atoms with Crippen LogP contribution < -0.4 is 9.47 Å². The van der Waals surface area contributed by atoms with Crippen LogP contribution in [0.3, 0.4) is 0 Å². The molecule has 2 aromatic carbocycles. The first kappa shape index (κ1) is 44.2. The van der Waals surface area contributed by atoms with Crippen LogP contribution in [0.2, 0.25) is 10.0 Å².